The Bertz CT molecular complexity index is 561. The molecule has 2 rings (SSSR count). The Morgan fingerprint density at radius 1 is 1.19 bits per heavy atom. The largest absolute Gasteiger partial charge is 0.351 e. The van der Waals surface area contributed by atoms with Crippen LogP contribution in [0.3, 0.4) is 0 Å². The Labute approximate surface area is 91.3 Å². The number of nitrogens with two attached hydrogens (primary N) is 1. The molecule has 2 aromatic rings. The van der Waals surface area contributed by atoms with Crippen molar-refractivity contribution in [2.45, 2.75) is 0 Å². The Morgan fingerprint density at radius 2 is 1.94 bits per heavy atom. The minimum absolute atomic E-state index is 0.379. The van der Waals surface area contributed by atoms with E-state index < -0.39 is 11.9 Å². The van der Waals surface area contributed by atoms with Crippen molar-refractivity contribution in [3.8, 4) is 0 Å². The molecule has 0 aliphatic heterocycles. The second-order valence-electron chi connectivity index (χ2n) is 3.19. The van der Waals surface area contributed by atoms with Crippen molar-refractivity contribution >= 4 is 22.8 Å². The molecule has 0 fully saturated rings. The second-order valence-corrected chi connectivity index (χ2v) is 3.19. The molecule has 0 bridgehead atoms. The van der Waals surface area contributed by atoms with Gasteiger partial charge in [0.15, 0.2) is 0 Å². The predicted molar refractivity (Wildman–Crippen MR) is 58.8 cm³/mol. The van der Waals surface area contributed by atoms with Crippen LogP contribution in [0.15, 0.2) is 36.5 Å². The number of hydrogen-bond donors (Lipinski definition) is 2. The lowest BCUT2D eigenvalue weighted by atomic mass is 10.1. The first-order chi connectivity index (χ1) is 7.68. The standard InChI is InChI=1S/C11H9N3O2/c12-11(16)14-10(15)8-5-6-13-9-4-2-1-3-7(8)9/h1-6H,(H3,12,14,15,16). The fourth-order valence-corrected chi connectivity index (χ4v) is 1.47. The molecule has 0 saturated carbocycles. The number of amides is 3. The van der Waals surface area contributed by atoms with Gasteiger partial charge in [0.2, 0.25) is 0 Å². The van der Waals surface area contributed by atoms with E-state index in [2.05, 4.69) is 4.98 Å². The number of primary amides is 1. The molecule has 80 valence electrons. The first-order valence-electron chi connectivity index (χ1n) is 4.63. The average Bonchev–Trinajstić information content (AvgIpc) is 2.27. The summed E-state index contributed by atoms with van der Waals surface area (Å²) >= 11 is 0. The van der Waals surface area contributed by atoms with E-state index in [1.807, 2.05) is 11.4 Å². The minimum atomic E-state index is -0.870. The SMILES string of the molecule is NC(=O)NC(=O)c1ccnc2ccccc12. The Balaban J connectivity index is 2.52. The highest BCUT2D eigenvalue weighted by molar-refractivity contribution is 6.11. The van der Waals surface area contributed by atoms with Crippen LogP contribution in [-0.2, 0) is 0 Å². The van der Waals surface area contributed by atoms with Gasteiger partial charge in [-0.1, -0.05) is 18.2 Å². The number of pyridine rings is 1. The Morgan fingerprint density at radius 3 is 2.69 bits per heavy atom. The number of imide groups is 1. The van der Waals surface area contributed by atoms with Gasteiger partial charge in [-0.05, 0) is 12.1 Å². The van der Waals surface area contributed by atoms with E-state index in [0.717, 1.165) is 0 Å². The highest BCUT2D eigenvalue weighted by Gasteiger charge is 2.11. The molecule has 0 saturated heterocycles. The number of para-hydroxylation sites is 1. The number of carbonyl (C=O) groups is 2. The molecule has 0 aliphatic rings. The topological polar surface area (TPSA) is 85.1 Å². The molecular weight excluding hydrogens is 206 g/mol. The van der Waals surface area contributed by atoms with Gasteiger partial charge in [-0.15, -0.1) is 0 Å². The van der Waals surface area contributed by atoms with E-state index in [1.165, 1.54) is 6.20 Å². The normalized spacial score (nSPS) is 10.0. The molecule has 0 unspecified atom stereocenters. The van der Waals surface area contributed by atoms with E-state index >= 15 is 0 Å². The number of rotatable bonds is 1. The number of fused-ring (bicyclic) bond motifs is 1. The Kier molecular flexibility index (Phi) is 2.51. The van der Waals surface area contributed by atoms with Crippen molar-refractivity contribution in [3.05, 3.63) is 42.1 Å². The molecule has 0 radical (unpaired) electrons. The molecule has 16 heavy (non-hydrogen) atoms. The maximum Gasteiger partial charge on any atom is 0.319 e. The third kappa shape index (κ3) is 1.83. The summed E-state index contributed by atoms with van der Waals surface area (Å²) in [6, 6.07) is 7.84. The van der Waals surface area contributed by atoms with Gasteiger partial charge < -0.3 is 5.73 Å². The number of urea groups is 1. The van der Waals surface area contributed by atoms with Crippen molar-refractivity contribution in [2.24, 2.45) is 5.73 Å². The van der Waals surface area contributed by atoms with Gasteiger partial charge in [-0.3, -0.25) is 15.1 Å². The van der Waals surface area contributed by atoms with E-state index in [9.17, 15) is 9.59 Å². The first-order valence-corrected chi connectivity index (χ1v) is 4.63. The fourth-order valence-electron chi connectivity index (χ4n) is 1.47. The number of hydrogen-bond acceptors (Lipinski definition) is 3. The lowest BCUT2D eigenvalue weighted by Crippen LogP contribution is -2.35. The van der Waals surface area contributed by atoms with Crippen LogP contribution >= 0.6 is 0 Å². The summed E-state index contributed by atoms with van der Waals surface area (Å²) in [6.07, 6.45) is 1.51. The van der Waals surface area contributed by atoms with Crippen molar-refractivity contribution in [3.63, 3.8) is 0 Å². The van der Waals surface area contributed by atoms with Crippen molar-refractivity contribution in [1.82, 2.24) is 10.3 Å². The van der Waals surface area contributed by atoms with Crippen molar-refractivity contribution < 1.29 is 9.59 Å². The number of nitrogens with one attached hydrogen (secondary N) is 1. The zero-order valence-electron chi connectivity index (χ0n) is 8.31. The molecular formula is C11H9N3O2. The van der Waals surface area contributed by atoms with Gasteiger partial charge in [0, 0.05) is 11.6 Å². The van der Waals surface area contributed by atoms with Gasteiger partial charge in [0.05, 0.1) is 11.1 Å². The highest BCUT2D eigenvalue weighted by atomic mass is 16.2. The summed E-state index contributed by atoms with van der Waals surface area (Å²) in [4.78, 5) is 26.3. The van der Waals surface area contributed by atoms with E-state index in [0.29, 0.717) is 16.5 Å². The second kappa shape index (κ2) is 3.98. The van der Waals surface area contributed by atoms with Gasteiger partial charge >= 0.3 is 6.03 Å². The molecule has 1 aromatic heterocycles. The van der Waals surface area contributed by atoms with E-state index in [-0.39, 0.29) is 0 Å². The van der Waals surface area contributed by atoms with Crippen LogP contribution in [0.2, 0.25) is 0 Å². The zero-order valence-corrected chi connectivity index (χ0v) is 8.31. The maximum absolute atomic E-state index is 11.6. The summed E-state index contributed by atoms with van der Waals surface area (Å²) < 4.78 is 0. The lowest BCUT2D eigenvalue weighted by molar-refractivity contribution is 0.0968. The van der Waals surface area contributed by atoms with Gasteiger partial charge in [-0.2, -0.15) is 0 Å². The molecule has 0 spiro atoms. The first kappa shape index (κ1) is 10.1. The Hall–Kier alpha value is -2.43. The van der Waals surface area contributed by atoms with Crippen LogP contribution in [0.5, 0.6) is 0 Å². The molecule has 3 N–H and O–H groups in total. The fraction of sp³-hybridized carbons (Fsp3) is 0. The molecule has 5 heteroatoms. The summed E-state index contributed by atoms with van der Waals surface area (Å²) in [7, 11) is 0. The summed E-state index contributed by atoms with van der Waals surface area (Å²) in [5.74, 6) is -0.522. The van der Waals surface area contributed by atoms with Gasteiger partial charge in [0.25, 0.3) is 5.91 Å². The van der Waals surface area contributed by atoms with E-state index in [1.54, 1.807) is 24.3 Å². The van der Waals surface area contributed by atoms with Crippen LogP contribution < -0.4 is 11.1 Å². The average molecular weight is 215 g/mol. The highest BCUT2D eigenvalue weighted by Crippen LogP contribution is 2.15. The van der Waals surface area contributed by atoms with Crippen LogP contribution in [0.4, 0.5) is 4.79 Å². The van der Waals surface area contributed by atoms with Crippen molar-refractivity contribution in [2.75, 3.05) is 0 Å². The molecule has 0 atom stereocenters. The molecule has 0 aliphatic carbocycles. The van der Waals surface area contributed by atoms with Crippen molar-refractivity contribution in [1.29, 1.82) is 0 Å². The van der Waals surface area contributed by atoms with E-state index in [4.69, 9.17) is 5.73 Å². The predicted octanol–water partition coefficient (Wildman–Crippen LogP) is 1.04. The lowest BCUT2D eigenvalue weighted by Gasteiger charge is -2.04. The van der Waals surface area contributed by atoms with Gasteiger partial charge in [0.1, 0.15) is 0 Å². The zero-order chi connectivity index (χ0) is 11.5. The molecule has 1 heterocycles. The molecule has 5 nitrogen and oxygen atoms in total. The number of aromatic nitrogens is 1. The molecule has 3 amide bonds. The maximum atomic E-state index is 11.6. The minimum Gasteiger partial charge on any atom is -0.351 e. The summed E-state index contributed by atoms with van der Waals surface area (Å²) in [5.41, 5.74) is 5.96. The quantitative estimate of drug-likeness (QED) is 0.745. The van der Waals surface area contributed by atoms with Crippen LogP contribution in [0.25, 0.3) is 10.9 Å². The summed E-state index contributed by atoms with van der Waals surface area (Å²) in [6.45, 7) is 0. The van der Waals surface area contributed by atoms with Crippen LogP contribution in [-0.4, -0.2) is 16.9 Å². The molecule has 1 aromatic carbocycles. The third-order valence-electron chi connectivity index (χ3n) is 2.13. The van der Waals surface area contributed by atoms with Gasteiger partial charge in [-0.25, -0.2) is 4.79 Å². The smallest absolute Gasteiger partial charge is 0.319 e. The summed E-state index contributed by atoms with van der Waals surface area (Å²) in [5, 5.41) is 2.71. The third-order valence-corrected chi connectivity index (χ3v) is 2.13. The number of benzene rings is 1. The van der Waals surface area contributed by atoms with Crippen LogP contribution in [0.1, 0.15) is 10.4 Å². The number of nitrogens with zero attached hydrogens (tertiary/aromatic N) is 1. The van der Waals surface area contributed by atoms with Crippen LogP contribution in [0, 0.1) is 0 Å². The number of carbonyl (C=O) groups excluding carboxylic acids is 2. The monoisotopic (exact) mass is 215 g/mol.